The largest absolute Gasteiger partial charge is 0.309 e. The summed E-state index contributed by atoms with van der Waals surface area (Å²) >= 11 is 0. The summed E-state index contributed by atoms with van der Waals surface area (Å²) in [4.78, 5) is 0. The zero-order chi connectivity index (χ0) is 21.0. The minimum Gasteiger partial charge on any atom is -0.309 e. The van der Waals surface area contributed by atoms with Crippen LogP contribution in [0.15, 0.2) is 109 Å². The minimum absolute atomic E-state index is 0.398. The van der Waals surface area contributed by atoms with E-state index < -0.39 is 18.8 Å². The molecule has 4 rings (SSSR count). The van der Waals surface area contributed by atoms with E-state index in [1.54, 1.807) is 11.9 Å². The Bertz CT molecular complexity index is 1150. The van der Waals surface area contributed by atoms with Crippen LogP contribution in [0, 0.1) is 11.6 Å². The second-order valence-corrected chi connectivity index (χ2v) is 9.56. The summed E-state index contributed by atoms with van der Waals surface area (Å²) in [5.74, 6) is 0.847. The summed E-state index contributed by atoms with van der Waals surface area (Å²) < 4.78 is 40.8. The van der Waals surface area contributed by atoms with Gasteiger partial charge in [-0.05, 0) is 71.0 Å². The van der Waals surface area contributed by atoms with Crippen LogP contribution < -0.4 is 10.6 Å². The second kappa shape index (κ2) is 8.61. The van der Waals surface area contributed by atoms with Crippen LogP contribution in [-0.4, -0.2) is 0 Å². The fourth-order valence-electron chi connectivity index (χ4n) is 3.25. The quantitative estimate of drug-likeness (QED) is 0.334. The normalized spacial score (nSPS) is 11.7. The van der Waals surface area contributed by atoms with Crippen LogP contribution in [-0.2, 0) is 4.57 Å². The average molecular weight is 416 g/mol. The molecule has 0 N–H and O–H groups in total. The van der Waals surface area contributed by atoms with E-state index in [-0.39, 0.29) is 0 Å². The van der Waals surface area contributed by atoms with Crippen molar-refractivity contribution in [1.82, 2.24) is 0 Å². The van der Waals surface area contributed by atoms with Crippen molar-refractivity contribution in [3.63, 3.8) is 0 Å². The lowest BCUT2D eigenvalue weighted by Gasteiger charge is -2.15. The number of benzene rings is 4. The van der Waals surface area contributed by atoms with Crippen molar-refractivity contribution >= 4 is 23.8 Å². The van der Waals surface area contributed by atoms with Crippen LogP contribution in [0.2, 0.25) is 0 Å². The summed E-state index contributed by atoms with van der Waals surface area (Å²) in [7, 11) is -3.21. The van der Waals surface area contributed by atoms with Gasteiger partial charge >= 0.3 is 0 Å². The monoisotopic (exact) mass is 416 g/mol. The molecular formula is C26H19F2OP. The highest BCUT2D eigenvalue weighted by molar-refractivity contribution is 7.81. The molecule has 0 fully saturated rings. The zero-order valence-electron chi connectivity index (χ0n) is 16.1. The van der Waals surface area contributed by atoms with Gasteiger partial charge in [-0.25, -0.2) is 8.78 Å². The molecule has 0 saturated carbocycles. The fourth-order valence-corrected chi connectivity index (χ4v) is 5.46. The van der Waals surface area contributed by atoms with Gasteiger partial charge in [0.05, 0.1) is 0 Å². The molecule has 0 spiro atoms. The van der Waals surface area contributed by atoms with Crippen LogP contribution in [0.4, 0.5) is 8.78 Å². The maximum absolute atomic E-state index is 14.0. The van der Waals surface area contributed by atoms with Gasteiger partial charge in [0, 0.05) is 10.6 Å². The minimum atomic E-state index is -3.21. The molecular weight excluding hydrogens is 397 g/mol. The predicted octanol–water partition coefficient (Wildman–Crippen LogP) is 6.62. The Hall–Kier alpha value is -3.29. The molecule has 0 unspecified atom stereocenters. The summed E-state index contributed by atoms with van der Waals surface area (Å²) in [5, 5.41) is 0.986. The Morgan fingerprint density at radius 3 is 1.53 bits per heavy atom. The fraction of sp³-hybridized carbons (Fsp3) is 0. The van der Waals surface area contributed by atoms with Gasteiger partial charge in [0.1, 0.15) is 11.6 Å². The molecule has 0 atom stereocenters. The van der Waals surface area contributed by atoms with Gasteiger partial charge < -0.3 is 4.57 Å². The first-order valence-corrected chi connectivity index (χ1v) is 11.3. The van der Waals surface area contributed by atoms with E-state index in [2.05, 4.69) is 0 Å². The van der Waals surface area contributed by atoms with E-state index in [0.717, 1.165) is 16.7 Å². The molecule has 0 amide bonds. The number of hydrogen-bond donors (Lipinski definition) is 0. The van der Waals surface area contributed by atoms with Gasteiger partial charge in [0.25, 0.3) is 0 Å². The highest BCUT2D eigenvalue weighted by Crippen LogP contribution is 2.45. The summed E-state index contributed by atoms with van der Waals surface area (Å²) in [6, 6.07) is 29.2. The molecule has 4 heteroatoms. The molecule has 0 heterocycles. The topological polar surface area (TPSA) is 17.1 Å². The molecule has 0 radical (unpaired) electrons. The number of halogens is 2. The lowest BCUT2D eigenvalue weighted by molar-refractivity contribution is 0.592. The van der Waals surface area contributed by atoms with Crippen molar-refractivity contribution in [2.24, 2.45) is 0 Å². The van der Waals surface area contributed by atoms with Crippen molar-refractivity contribution in [3.8, 4) is 11.1 Å². The molecule has 30 heavy (non-hydrogen) atoms. The Balaban J connectivity index is 1.69. The van der Waals surface area contributed by atoms with Crippen LogP contribution >= 0.6 is 7.14 Å². The molecule has 0 bridgehead atoms. The first-order chi connectivity index (χ1) is 14.5. The SMILES string of the molecule is O=P(/C=C/c1ccc(-c2ccccc2)cc1)(c1ccc(F)cc1)c1ccc(F)cc1. The van der Waals surface area contributed by atoms with Gasteiger partial charge in [-0.2, -0.15) is 0 Å². The summed E-state index contributed by atoms with van der Waals surface area (Å²) in [6.07, 6.45) is 1.79. The van der Waals surface area contributed by atoms with Crippen LogP contribution in [0.5, 0.6) is 0 Å². The maximum Gasteiger partial charge on any atom is 0.164 e. The third kappa shape index (κ3) is 4.32. The Kier molecular flexibility index (Phi) is 5.74. The highest BCUT2D eigenvalue weighted by atomic mass is 31.2. The van der Waals surface area contributed by atoms with E-state index in [4.69, 9.17) is 0 Å². The summed E-state index contributed by atoms with van der Waals surface area (Å²) in [5.41, 5.74) is 3.10. The van der Waals surface area contributed by atoms with Crippen LogP contribution in [0.1, 0.15) is 5.56 Å². The van der Waals surface area contributed by atoms with Crippen molar-refractivity contribution in [3.05, 3.63) is 126 Å². The number of rotatable bonds is 5. The van der Waals surface area contributed by atoms with Crippen molar-refractivity contribution in [1.29, 1.82) is 0 Å². The molecule has 0 aliphatic rings. The van der Waals surface area contributed by atoms with Gasteiger partial charge in [-0.15, -0.1) is 0 Å². The molecule has 148 valence electrons. The third-order valence-electron chi connectivity index (χ3n) is 4.92. The number of hydrogen-bond acceptors (Lipinski definition) is 1. The molecule has 4 aromatic rings. The Morgan fingerprint density at radius 1 is 0.567 bits per heavy atom. The molecule has 0 aromatic heterocycles. The molecule has 1 nitrogen and oxygen atoms in total. The molecule has 0 saturated heterocycles. The molecule has 0 aliphatic carbocycles. The van der Waals surface area contributed by atoms with E-state index in [1.807, 2.05) is 54.6 Å². The Morgan fingerprint density at radius 2 is 1.03 bits per heavy atom. The van der Waals surface area contributed by atoms with E-state index in [1.165, 1.54) is 48.5 Å². The van der Waals surface area contributed by atoms with Crippen molar-refractivity contribution < 1.29 is 13.3 Å². The van der Waals surface area contributed by atoms with Gasteiger partial charge in [-0.1, -0.05) is 60.7 Å². The van der Waals surface area contributed by atoms with Crippen molar-refractivity contribution in [2.45, 2.75) is 0 Å². The van der Waals surface area contributed by atoms with Gasteiger partial charge in [-0.3, -0.25) is 0 Å². The predicted molar refractivity (Wildman–Crippen MR) is 121 cm³/mol. The van der Waals surface area contributed by atoms with E-state index in [9.17, 15) is 13.3 Å². The van der Waals surface area contributed by atoms with E-state index in [0.29, 0.717) is 10.6 Å². The zero-order valence-corrected chi connectivity index (χ0v) is 17.0. The van der Waals surface area contributed by atoms with E-state index >= 15 is 0 Å². The lowest BCUT2D eigenvalue weighted by Crippen LogP contribution is -2.14. The summed E-state index contributed by atoms with van der Waals surface area (Å²) in [6.45, 7) is 0. The van der Waals surface area contributed by atoms with Crippen LogP contribution in [0.3, 0.4) is 0 Å². The Labute approximate surface area is 174 Å². The first-order valence-electron chi connectivity index (χ1n) is 9.51. The van der Waals surface area contributed by atoms with Crippen molar-refractivity contribution in [2.75, 3.05) is 0 Å². The second-order valence-electron chi connectivity index (χ2n) is 6.91. The van der Waals surface area contributed by atoms with Crippen LogP contribution in [0.25, 0.3) is 17.2 Å². The maximum atomic E-state index is 14.0. The molecule has 4 aromatic carbocycles. The molecule has 0 aliphatic heterocycles. The lowest BCUT2D eigenvalue weighted by atomic mass is 10.0. The average Bonchev–Trinajstić information content (AvgIpc) is 2.79. The standard InChI is InChI=1S/C26H19F2OP/c27-23-10-14-25(15-11-23)30(29,26-16-12-24(28)13-17-26)19-18-20-6-8-22(9-7-20)21-4-2-1-3-5-21/h1-19H/b19-18+. The smallest absolute Gasteiger partial charge is 0.164 e. The first kappa shape index (κ1) is 20.0. The highest BCUT2D eigenvalue weighted by Gasteiger charge is 2.24. The van der Waals surface area contributed by atoms with Gasteiger partial charge in [0.2, 0.25) is 0 Å². The van der Waals surface area contributed by atoms with Gasteiger partial charge in [0.15, 0.2) is 7.14 Å². The third-order valence-corrected chi connectivity index (χ3v) is 7.61.